The van der Waals surface area contributed by atoms with Gasteiger partial charge >= 0.3 is 16.5 Å². The average molecular weight is 824 g/mol. The van der Waals surface area contributed by atoms with Crippen LogP contribution in [-0.2, 0) is 67.0 Å². The van der Waals surface area contributed by atoms with E-state index in [1.165, 1.54) is 164 Å². The molecule has 0 N–H and O–H groups in total. The van der Waals surface area contributed by atoms with E-state index in [0.29, 0.717) is 0 Å². The normalized spacial score (nSPS) is 11.4. The van der Waals surface area contributed by atoms with Crippen LogP contribution in [0.4, 0.5) is 0 Å². The molecule has 6 nitrogen and oxygen atoms in total. The predicted octanol–water partition coefficient (Wildman–Crippen LogP) is 10.7. The van der Waals surface area contributed by atoms with Crippen LogP contribution in [0.3, 0.4) is 0 Å². The van der Waals surface area contributed by atoms with E-state index in [9.17, 15) is 0 Å². The SMILES string of the molecule is CCCC[N+](CCCC)(CCCC)CCCC.CCCC[N+](CCCC)(CCCC)CCCC.N#CC([S-])=C([S-])C#N.N#CC([S-])=C([S-])C#N.[Ni+2]. The van der Waals surface area contributed by atoms with E-state index >= 15 is 0 Å². The monoisotopic (exact) mass is 822 g/mol. The van der Waals surface area contributed by atoms with Gasteiger partial charge in [-0.05, 0) is 51.4 Å². The summed E-state index contributed by atoms with van der Waals surface area (Å²) in [6, 6.07) is 6.33. The van der Waals surface area contributed by atoms with Gasteiger partial charge in [-0.1, -0.05) is 107 Å². The summed E-state index contributed by atoms with van der Waals surface area (Å²) >= 11 is 17.4. The molecule has 0 radical (unpaired) electrons. The Labute approximate surface area is 349 Å². The fourth-order valence-electron chi connectivity index (χ4n) is 5.49. The number of nitriles is 4. The number of quaternary nitrogens is 2. The van der Waals surface area contributed by atoms with Crippen LogP contribution in [0.5, 0.6) is 0 Å². The standard InChI is InChI=1S/2C16H36N.2C4H2N2S2.Ni/c2*1-5-9-13-17(14-10-6-2,15-11-7-3)16-12-8-4;2*5-1-3(7)4(8)2-6;/h2*5-16H2,1-4H3;2*7-8H;/q2*+1;;;+2/p-4. The van der Waals surface area contributed by atoms with Gasteiger partial charge in [-0.15, -0.1) is 19.6 Å². The average Bonchev–Trinajstić information content (AvgIpc) is 3.16. The molecule has 0 aliphatic heterocycles. The summed E-state index contributed by atoms with van der Waals surface area (Å²) in [6.07, 6.45) is 22.1. The van der Waals surface area contributed by atoms with E-state index < -0.39 is 0 Å². The molecule has 0 aromatic rings. The summed E-state index contributed by atoms with van der Waals surface area (Å²) in [6.45, 7) is 30.0. The zero-order valence-electron chi connectivity index (χ0n) is 33.6. The minimum Gasteiger partial charge on any atom is -0.770 e. The quantitative estimate of drug-likeness (QED) is 0.0411. The van der Waals surface area contributed by atoms with Crippen molar-refractivity contribution in [1.29, 1.82) is 21.0 Å². The van der Waals surface area contributed by atoms with E-state index in [1.807, 2.05) is 0 Å². The maximum atomic E-state index is 8.01. The number of rotatable bonds is 24. The van der Waals surface area contributed by atoms with E-state index in [2.05, 4.69) is 106 Å². The van der Waals surface area contributed by atoms with Gasteiger partial charge in [-0.25, -0.2) is 0 Å². The largest absolute Gasteiger partial charge is 2.00 e. The summed E-state index contributed by atoms with van der Waals surface area (Å²) in [5.41, 5.74) is 0. The first-order valence-electron chi connectivity index (χ1n) is 19.4. The van der Waals surface area contributed by atoms with E-state index in [-0.39, 0.29) is 36.1 Å². The molecule has 0 aliphatic rings. The molecule has 0 heterocycles. The Morgan fingerprint density at radius 2 is 0.451 bits per heavy atom. The second kappa shape index (κ2) is 43.1. The van der Waals surface area contributed by atoms with E-state index in [1.54, 1.807) is 24.3 Å². The molecule has 0 unspecified atom stereocenters. The molecule has 0 bridgehead atoms. The molecule has 0 fully saturated rings. The Morgan fingerprint density at radius 1 is 0.333 bits per heavy atom. The number of unbranched alkanes of at least 4 members (excludes halogenated alkanes) is 8. The number of nitrogens with zero attached hydrogens (tertiary/aromatic N) is 6. The summed E-state index contributed by atoms with van der Waals surface area (Å²) in [5, 5.41) is 32.0. The smallest absolute Gasteiger partial charge is 0.770 e. The van der Waals surface area contributed by atoms with Crippen LogP contribution in [-0.4, -0.2) is 61.3 Å². The summed E-state index contributed by atoms with van der Waals surface area (Å²) in [4.78, 5) is -0.435. The molecule has 0 saturated heterocycles. The Hall–Kier alpha value is -1.27. The second-order valence-corrected chi connectivity index (χ2v) is 14.7. The topological polar surface area (TPSA) is 95.2 Å². The van der Waals surface area contributed by atoms with Gasteiger partial charge in [0.1, 0.15) is 0 Å². The minimum atomic E-state index is -0.109. The number of allylic oxidation sites excluding steroid dienone is 4. The molecule has 11 heteroatoms. The van der Waals surface area contributed by atoms with Crippen LogP contribution in [0.25, 0.3) is 0 Å². The minimum absolute atomic E-state index is 0. The van der Waals surface area contributed by atoms with Crippen molar-refractivity contribution >= 4 is 50.5 Å². The first-order chi connectivity index (χ1) is 23.9. The molecule has 0 aliphatic carbocycles. The van der Waals surface area contributed by atoms with Crippen molar-refractivity contribution < 1.29 is 25.5 Å². The second-order valence-electron chi connectivity index (χ2n) is 13.1. The Kier molecular flexibility index (Phi) is 49.9. The zero-order chi connectivity index (χ0) is 39.1. The fraction of sp³-hybridized carbons (Fsp3) is 0.800. The molecule has 0 saturated carbocycles. The molecule has 0 aromatic heterocycles. The van der Waals surface area contributed by atoms with Crippen molar-refractivity contribution in [1.82, 2.24) is 0 Å². The van der Waals surface area contributed by atoms with Crippen molar-refractivity contribution in [3.8, 4) is 24.3 Å². The summed E-state index contributed by atoms with van der Waals surface area (Å²) in [7, 11) is 0. The van der Waals surface area contributed by atoms with Crippen molar-refractivity contribution in [3.63, 3.8) is 0 Å². The van der Waals surface area contributed by atoms with Gasteiger partial charge in [0.15, 0.2) is 0 Å². The predicted molar refractivity (Wildman–Crippen MR) is 225 cm³/mol. The molecule has 296 valence electrons. The van der Waals surface area contributed by atoms with E-state index in [4.69, 9.17) is 21.0 Å². The van der Waals surface area contributed by atoms with Crippen LogP contribution in [0.1, 0.15) is 158 Å². The molecule has 0 spiro atoms. The van der Waals surface area contributed by atoms with Crippen LogP contribution in [0, 0.1) is 45.3 Å². The van der Waals surface area contributed by atoms with Crippen molar-refractivity contribution in [2.24, 2.45) is 0 Å². The van der Waals surface area contributed by atoms with Gasteiger partial charge < -0.3 is 59.5 Å². The van der Waals surface area contributed by atoms with Gasteiger partial charge in [0.25, 0.3) is 0 Å². The van der Waals surface area contributed by atoms with Crippen LogP contribution < -0.4 is 0 Å². The van der Waals surface area contributed by atoms with Crippen molar-refractivity contribution in [2.45, 2.75) is 158 Å². The molecule has 0 rings (SSSR count). The van der Waals surface area contributed by atoms with Crippen molar-refractivity contribution in [2.75, 3.05) is 52.4 Å². The van der Waals surface area contributed by atoms with Crippen molar-refractivity contribution in [3.05, 3.63) is 19.6 Å². The maximum Gasteiger partial charge on any atom is 2.00 e. The zero-order valence-corrected chi connectivity index (χ0v) is 37.9. The van der Waals surface area contributed by atoms with Crippen LogP contribution in [0.2, 0.25) is 0 Å². The van der Waals surface area contributed by atoms with Gasteiger partial charge in [0.2, 0.25) is 0 Å². The maximum absolute atomic E-state index is 8.01. The third-order valence-corrected chi connectivity index (χ3v) is 10.1. The molecule has 0 aromatic carbocycles. The molecule has 51 heavy (non-hydrogen) atoms. The number of hydrogen-bond acceptors (Lipinski definition) is 8. The fourth-order valence-corrected chi connectivity index (χ4v) is 5.68. The van der Waals surface area contributed by atoms with Gasteiger partial charge in [0, 0.05) is 0 Å². The molecule has 0 amide bonds. The first kappa shape index (κ1) is 59.0. The van der Waals surface area contributed by atoms with E-state index in [0.717, 1.165) is 0 Å². The third-order valence-electron chi connectivity index (χ3n) is 8.71. The first-order valence-corrected chi connectivity index (χ1v) is 21.0. The summed E-state index contributed by atoms with van der Waals surface area (Å²) < 4.78 is 2.84. The Bertz CT molecular complexity index is 836. The van der Waals surface area contributed by atoms with Gasteiger partial charge in [-0.2, -0.15) is 21.0 Å². The molecular formula is C40H72N6NiS4. The molecule has 0 atom stereocenters. The van der Waals surface area contributed by atoms with Gasteiger partial charge in [-0.3, -0.25) is 0 Å². The van der Waals surface area contributed by atoms with Crippen LogP contribution in [0.15, 0.2) is 19.6 Å². The molecular weight excluding hydrogens is 751 g/mol. The van der Waals surface area contributed by atoms with Gasteiger partial charge in [0.05, 0.1) is 76.6 Å². The Morgan fingerprint density at radius 3 is 0.529 bits per heavy atom. The Balaban J connectivity index is -0.000000194. The summed E-state index contributed by atoms with van der Waals surface area (Å²) in [5.74, 6) is 0. The van der Waals surface area contributed by atoms with Crippen LogP contribution >= 0.6 is 0 Å². The number of hydrogen-bond donors (Lipinski definition) is 0. The third kappa shape index (κ3) is 35.5.